The molecule has 2 aromatic rings. The number of aromatic amines is 1. The van der Waals surface area contributed by atoms with E-state index in [1.54, 1.807) is 30.5 Å². The number of carboxylic acid groups (broad SMARTS) is 2. The predicted octanol–water partition coefficient (Wildman–Crippen LogP) is -2.69. The average Bonchev–Trinajstić information content (AvgIpc) is 3.27. The minimum atomic E-state index is -1.69. The maximum absolute atomic E-state index is 12.7. The van der Waals surface area contributed by atoms with Crippen molar-refractivity contribution in [3.05, 3.63) is 36.0 Å². The molecule has 0 radical (unpaired) electrons. The van der Waals surface area contributed by atoms with Crippen LogP contribution in [-0.2, 0) is 35.2 Å². The zero-order valence-electron chi connectivity index (χ0n) is 20.2. The average molecular weight is 535 g/mol. The van der Waals surface area contributed by atoms with Gasteiger partial charge in [-0.3, -0.25) is 24.0 Å². The fraction of sp³-hybridized carbons (Fsp3) is 0.391. The molecule has 11 N–H and O–H groups in total. The smallest absolute Gasteiger partial charge is 0.326 e. The highest BCUT2D eigenvalue weighted by molar-refractivity contribution is 5.96. The van der Waals surface area contributed by atoms with Crippen molar-refractivity contribution >= 4 is 46.5 Å². The second-order valence-corrected chi connectivity index (χ2v) is 8.48. The zero-order chi connectivity index (χ0) is 28.4. The second-order valence-electron chi connectivity index (χ2n) is 8.48. The topological polar surface area (TPSA) is 267 Å². The molecule has 206 valence electrons. The van der Waals surface area contributed by atoms with Gasteiger partial charge in [0.25, 0.3) is 0 Å². The first kappa shape index (κ1) is 29.7. The number of aliphatic carboxylic acids is 2. The van der Waals surface area contributed by atoms with Gasteiger partial charge in [-0.15, -0.1) is 0 Å². The van der Waals surface area contributed by atoms with E-state index < -0.39 is 72.8 Å². The van der Waals surface area contributed by atoms with Gasteiger partial charge in [0, 0.05) is 29.9 Å². The van der Waals surface area contributed by atoms with E-state index in [2.05, 4.69) is 20.9 Å². The molecule has 0 saturated heterocycles. The Bertz CT molecular complexity index is 1200. The van der Waals surface area contributed by atoms with Crippen LogP contribution in [0.2, 0.25) is 0 Å². The number of H-pyrrole nitrogens is 1. The highest BCUT2D eigenvalue weighted by atomic mass is 16.4. The highest BCUT2D eigenvalue weighted by Gasteiger charge is 2.31. The standard InChI is InChI=1S/C23H30N6O9/c24-13(5-6-18(25)31)20(34)27-15(8-19(32)33)21(35)29-17(10-30)22(36)28-16(23(37)38)7-11-9-26-14-4-2-1-3-12(11)14/h1-4,9,13,15-17,26,30H,5-8,10,24H2,(H2,25,31)(H,27,34)(H,28,36)(H,29,35)(H,32,33)(H,37,38). The van der Waals surface area contributed by atoms with Crippen molar-refractivity contribution in [2.24, 2.45) is 11.5 Å². The van der Waals surface area contributed by atoms with Gasteiger partial charge in [-0.05, 0) is 18.1 Å². The largest absolute Gasteiger partial charge is 0.481 e. The fourth-order valence-electron chi connectivity index (χ4n) is 3.55. The van der Waals surface area contributed by atoms with Crippen LogP contribution in [0.15, 0.2) is 30.5 Å². The van der Waals surface area contributed by atoms with Crippen molar-refractivity contribution in [3.8, 4) is 0 Å². The maximum atomic E-state index is 12.7. The molecular formula is C23H30N6O9. The molecular weight excluding hydrogens is 504 g/mol. The first-order valence-corrected chi connectivity index (χ1v) is 11.5. The molecule has 4 amide bonds. The van der Waals surface area contributed by atoms with Gasteiger partial charge in [-0.1, -0.05) is 18.2 Å². The lowest BCUT2D eigenvalue weighted by atomic mass is 10.0. The minimum Gasteiger partial charge on any atom is -0.481 e. The molecule has 0 bridgehead atoms. The van der Waals surface area contributed by atoms with Gasteiger partial charge in [0.05, 0.1) is 19.1 Å². The van der Waals surface area contributed by atoms with Crippen LogP contribution in [0, 0.1) is 0 Å². The summed E-state index contributed by atoms with van der Waals surface area (Å²) in [5.41, 5.74) is 12.0. The number of primary amides is 1. The Labute approximate surface area is 215 Å². The van der Waals surface area contributed by atoms with Crippen LogP contribution in [-0.4, -0.2) is 86.6 Å². The number of fused-ring (bicyclic) bond motifs is 1. The number of aliphatic hydroxyl groups excluding tert-OH is 1. The predicted molar refractivity (Wildman–Crippen MR) is 131 cm³/mol. The van der Waals surface area contributed by atoms with Gasteiger partial charge < -0.3 is 47.7 Å². The van der Waals surface area contributed by atoms with E-state index in [0.29, 0.717) is 5.56 Å². The molecule has 4 atom stereocenters. The summed E-state index contributed by atoms with van der Waals surface area (Å²) in [6.45, 7) is -0.955. The maximum Gasteiger partial charge on any atom is 0.326 e. The van der Waals surface area contributed by atoms with Crippen molar-refractivity contribution in [1.29, 1.82) is 0 Å². The summed E-state index contributed by atoms with van der Waals surface area (Å²) in [5, 5.41) is 35.6. The Morgan fingerprint density at radius 1 is 0.895 bits per heavy atom. The summed E-state index contributed by atoms with van der Waals surface area (Å²) < 4.78 is 0. The number of hydrogen-bond donors (Lipinski definition) is 9. The van der Waals surface area contributed by atoms with Gasteiger partial charge in [-0.2, -0.15) is 0 Å². The molecule has 0 saturated carbocycles. The molecule has 1 heterocycles. The van der Waals surface area contributed by atoms with E-state index in [4.69, 9.17) is 16.6 Å². The van der Waals surface area contributed by atoms with Crippen molar-refractivity contribution in [2.75, 3.05) is 6.61 Å². The van der Waals surface area contributed by atoms with E-state index in [-0.39, 0.29) is 19.3 Å². The van der Waals surface area contributed by atoms with Gasteiger partial charge in [0.1, 0.15) is 18.1 Å². The Kier molecular flexibility index (Phi) is 10.7. The summed E-state index contributed by atoms with van der Waals surface area (Å²) in [5.74, 6) is -6.68. The van der Waals surface area contributed by atoms with E-state index in [1.165, 1.54) is 0 Å². The number of para-hydroxylation sites is 1. The molecule has 1 aromatic heterocycles. The van der Waals surface area contributed by atoms with Crippen molar-refractivity contribution in [3.63, 3.8) is 0 Å². The molecule has 0 aliphatic carbocycles. The van der Waals surface area contributed by atoms with E-state index in [9.17, 15) is 39.0 Å². The Balaban J connectivity index is 2.08. The van der Waals surface area contributed by atoms with Gasteiger partial charge in [0.2, 0.25) is 23.6 Å². The summed E-state index contributed by atoms with van der Waals surface area (Å²) in [6.07, 6.45) is 0.222. The fourth-order valence-corrected chi connectivity index (χ4v) is 3.55. The van der Waals surface area contributed by atoms with Crippen LogP contribution < -0.4 is 27.4 Å². The van der Waals surface area contributed by atoms with Gasteiger partial charge >= 0.3 is 11.9 Å². The molecule has 38 heavy (non-hydrogen) atoms. The molecule has 0 aliphatic heterocycles. The van der Waals surface area contributed by atoms with Crippen LogP contribution >= 0.6 is 0 Å². The monoisotopic (exact) mass is 534 g/mol. The van der Waals surface area contributed by atoms with Crippen LogP contribution in [0.5, 0.6) is 0 Å². The van der Waals surface area contributed by atoms with Crippen molar-refractivity contribution in [2.45, 2.75) is 49.9 Å². The second kappa shape index (κ2) is 13.7. The number of aromatic nitrogens is 1. The first-order valence-electron chi connectivity index (χ1n) is 11.5. The number of amides is 4. The number of carbonyl (C=O) groups excluding carboxylic acids is 4. The number of carboxylic acids is 2. The van der Waals surface area contributed by atoms with Crippen molar-refractivity contribution < 1.29 is 44.1 Å². The van der Waals surface area contributed by atoms with Crippen LogP contribution in [0.25, 0.3) is 10.9 Å². The third-order valence-corrected chi connectivity index (χ3v) is 5.58. The molecule has 0 aliphatic rings. The lowest BCUT2D eigenvalue weighted by Gasteiger charge is -2.23. The molecule has 0 spiro atoms. The molecule has 1 aromatic carbocycles. The van der Waals surface area contributed by atoms with Gasteiger partial charge in [0.15, 0.2) is 0 Å². The lowest BCUT2D eigenvalue weighted by molar-refractivity contribution is -0.143. The molecule has 2 rings (SSSR count). The van der Waals surface area contributed by atoms with Crippen molar-refractivity contribution in [1.82, 2.24) is 20.9 Å². The number of aliphatic hydroxyl groups is 1. The Hall–Kier alpha value is -4.50. The molecule has 0 fully saturated rings. The van der Waals surface area contributed by atoms with Gasteiger partial charge in [-0.25, -0.2) is 4.79 Å². The SMILES string of the molecule is NC(=O)CCC(N)C(=O)NC(CC(=O)O)C(=O)NC(CO)C(=O)NC(Cc1c[nH]c2ccccc12)C(=O)O. The number of hydrogen-bond acceptors (Lipinski definition) is 8. The summed E-state index contributed by atoms with van der Waals surface area (Å²) in [7, 11) is 0. The van der Waals surface area contributed by atoms with Crippen LogP contribution in [0.4, 0.5) is 0 Å². The first-order chi connectivity index (χ1) is 17.9. The third-order valence-electron chi connectivity index (χ3n) is 5.58. The molecule has 15 nitrogen and oxygen atoms in total. The molecule has 15 heteroatoms. The van der Waals surface area contributed by atoms with E-state index in [1.807, 2.05) is 0 Å². The van der Waals surface area contributed by atoms with E-state index in [0.717, 1.165) is 10.9 Å². The summed E-state index contributed by atoms with van der Waals surface area (Å²) in [6, 6.07) is 1.07. The van der Waals surface area contributed by atoms with Crippen LogP contribution in [0.1, 0.15) is 24.8 Å². The Morgan fingerprint density at radius 3 is 2.11 bits per heavy atom. The molecule has 4 unspecified atom stereocenters. The lowest BCUT2D eigenvalue weighted by Crippen LogP contribution is -2.58. The van der Waals surface area contributed by atoms with E-state index >= 15 is 0 Å². The minimum absolute atomic E-state index is 0.113. The normalized spacial score (nSPS) is 14.1. The number of benzene rings is 1. The third kappa shape index (κ3) is 8.56. The quantitative estimate of drug-likeness (QED) is 0.114. The highest BCUT2D eigenvalue weighted by Crippen LogP contribution is 2.19. The number of carbonyl (C=O) groups is 6. The summed E-state index contributed by atoms with van der Waals surface area (Å²) >= 11 is 0. The number of rotatable bonds is 15. The number of nitrogens with one attached hydrogen (secondary N) is 4. The summed E-state index contributed by atoms with van der Waals surface area (Å²) in [4.78, 5) is 74.5. The Morgan fingerprint density at radius 2 is 1.50 bits per heavy atom. The number of nitrogens with two attached hydrogens (primary N) is 2. The van der Waals surface area contributed by atoms with Crippen LogP contribution in [0.3, 0.4) is 0 Å². The zero-order valence-corrected chi connectivity index (χ0v) is 20.2.